The molecular formula is C19H18F2O2. The molecule has 1 aliphatic rings. The van der Waals surface area contributed by atoms with Crippen LogP contribution in [0.3, 0.4) is 0 Å². The van der Waals surface area contributed by atoms with Crippen molar-refractivity contribution in [1.29, 1.82) is 0 Å². The van der Waals surface area contributed by atoms with Gasteiger partial charge in [-0.3, -0.25) is 0 Å². The molecule has 1 aliphatic carbocycles. The van der Waals surface area contributed by atoms with E-state index >= 15 is 0 Å². The Labute approximate surface area is 133 Å². The van der Waals surface area contributed by atoms with Crippen LogP contribution in [0.4, 0.5) is 8.78 Å². The first-order valence-electron chi connectivity index (χ1n) is 7.79. The fourth-order valence-corrected chi connectivity index (χ4v) is 3.03. The Bertz CT molecular complexity index is 746. The smallest absolute Gasteiger partial charge is 0.338 e. The lowest BCUT2D eigenvalue weighted by molar-refractivity contribution is 0.0185. The van der Waals surface area contributed by atoms with E-state index in [4.69, 9.17) is 4.74 Å². The predicted octanol–water partition coefficient (Wildman–Crippen LogP) is 5.02. The summed E-state index contributed by atoms with van der Waals surface area (Å²) in [5.74, 6) is -1.74. The number of esters is 1. The van der Waals surface area contributed by atoms with Gasteiger partial charge in [-0.05, 0) is 66.6 Å². The van der Waals surface area contributed by atoms with Crippen molar-refractivity contribution in [3.8, 4) is 0 Å². The van der Waals surface area contributed by atoms with Crippen molar-refractivity contribution >= 4 is 16.7 Å². The van der Waals surface area contributed by atoms with Crippen LogP contribution in [0.1, 0.15) is 36.0 Å². The Hall–Kier alpha value is -2.23. The molecule has 0 spiro atoms. The summed E-state index contributed by atoms with van der Waals surface area (Å²) in [6, 6.07) is 6.93. The Morgan fingerprint density at radius 3 is 2.35 bits per heavy atom. The largest absolute Gasteiger partial charge is 0.459 e. The first-order chi connectivity index (χ1) is 11.1. The van der Waals surface area contributed by atoms with Gasteiger partial charge in [0.15, 0.2) is 11.6 Å². The zero-order chi connectivity index (χ0) is 16.4. The normalized spacial score (nSPS) is 21.1. The molecule has 1 fully saturated rings. The summed E-state index contributed by atoms with van der Waals surface area (Å²) in [6.45, 7) is 3.80. The Morgan fingerprint density at radius 2 is 1.70 bits per heavy atom. The third-order valence-corrected chi connectivity index (χ3v) is 4.44. The molecule has 2 aromatic carbocycles. The van der Waals surface area contributed by atoms with Crippen molar-refractivity contribution in [2.75, 3.05) is 0 Å². The number of carbonyl (C=O) groups is 1. The van der Waals surface area contributed by atoms with Crippen LogP contribution in [0.5, 0.6) is 0 Å². The van der Waals surface area contributed by atoms with Gasteiger partial charge in [0.1, 0.15) is 6.10 Å². The average Bonchev–Trinajstić information content (AvgIpc) is 2.56. The lowest BCUT2D eigenvalue weighted by Gasteiger charge is -2.26. The van der Waals surface area contributed by atoms with Crippen molar-refractivity contribution in [3.05, 3.63) is 60.2 Å². The molecule has 2 aromatic rings. The zero-order valence-corrected chi connectivity index (χ0v) is 12.7. The first kappa shape index (κ1) is 15.7. The van der Waals surface area contributed by atoms with E-state index in [1.807, 2.05) is 6.08 Å². The standard InChI is InChI=1S/C19H18F2O2/c1-2-12-3-7-16(8-4-12)23-19(22)14-6-5-13-10-17(20)18(21)11-15(13)9-14/h2,5-6,9-12,16H,1,3-4,7-8H2. The number of rotatable bonds is 3. The molecule has 0 radical (unpaired) electrons. The van der Waals surface area contributed by atoms with E-state index in [1.54, 1.807) is 12.1 Å². The van der Waals surface area contributed by atoms with Gasteiger partial charge in [-0.2, -0.15) is 0 Å². The number of carbonyl (C=O) groups excluding carboxylic acids is 1. The molecule has 0 unspecified atom stereocenters. The summed E-state index contributed by atoms with van der Waals surface area (Å²) in [5, 5.41) is 1.03. The maximum absolute atomic E-state index is 13.3. The second kappa shape index (κ2) is 6.49. The monoisotopic (exact) mass is 316 g/mol. The summed E-state index contributed by atoms with van der Waals surface area (Å²) in [7, 11) is 0. The third-order valence-electron chi connectivity index (χ3n) is 4.44. The van der Waals surface area contributed by atoms with Crippen LogP contribution in [0.25, 0.3) is 10.8 Å². The molecule has 4 heteroatoms. The van der Waals surface area contributed by atoms with Crippen LogP contribution < -0.4 is 0 Å². The molecule has 0 atom stereocenters. The highest BCUT2D eigenvalue weighted by atomic mass is 19.2. The molecule has 0 aliphatic heterocycles. The lowest BCUT2D eigenvalue weighted by Crippen LogP contribution is -2.23. The average molecular weight is 316 g/mol. The van der Waals surface area contributed by atoms with E-state index in [0.717, 1.165) is 37.8 Å². The van der Waals surface area contributed by atoms with Crippen LogP contribution in [0.2, 0.25) is 0 Å². The third kappa shape index (κ3) is 3.41. The van der Waals surface area contributed by atoms with Gasteiger partial charge in [-0.15, -0.1) is 6.58 Å². The van der Waals surface area contributed by atoms with Crippen molar-refractivity contribution in [1.82, 2.24) is 0 Å². The zero-order valence-electron chi connectivity index (χ0n) is 12.7. The Morgan fingerprint density at radius 1 is 1.04 bits per heavy atom. The SMILES string of the molecule is C=CC1CCC(OC(=O)c2ccc3cc(F)c(F)cc3c2)CC1. The van der Waals surface area contributed by atoms with Gasteiger partial charge in [0.2, 0.25) is 0 Å². The molecule has 0 bridgehead atoms. The molecule has 0 N–H and O–H groups in total. The van der Waals surface area contributed by atoms with E-state index in [0.29, 0.717) is 22.3 Å². The van der Waals surface area contributed by atoms with Crippen LogP contribution >= 0.6 is 0 Å². The minimum Gasteiger partial charge on any atom is -0.459 e. The Kier molecular flexibility index (Phi) is 4.42. The van der Waals surface area contributed by atoms with E-state index in [-0.39, 0.29) is 6.10 Å². The molecule has 120 valence electrons. The summed E-state index contributed by atoms with van der Waals surface area (Å²) in [5.41, 5.74) is 0.356. The van der Waals surface area contributed by atoms with E-state index in [9.17, 15) is 13.6 Å². The van der Waals surface area contributed by atoms with E-state index in [2.05, 4.69) is 6.58 Å². The number of hydrogen-bond acceptors (Lipinski definition) is 2. The number of halogens is 2. The molecule has 2 nitrogen and oxygen atoms in total. The molecule has 0 aromatic heterocycles. The lowest BCUT2D eigenvalue weighted by atomic mass is 9.87. The highest BCUT2D eigenvalue weighted by Gasteiger charge is 2.23. The molecule has 1 saturated carbocycles. The highest BCUT2D eigenvalue weighted by Crippen LogP contribution is 2.28. The molecule has 0 saturated heterocycles. The van der Waals surface area contributed by atoms with Crippen LogP contribution in [0.15, 0.2) is 43.0 Å². The molecular weight excluding hydrogens is 298 g/mol. The van der Waals surface area contributed by atoms with E-state index < -0.39 is 17.6 Å². The second-order valence-electron chi connectivity index (χ2n) is 6.01. The van der Waals surface area contributed by atoms with Gasteiger partial charge in [0.05, 0.1) is 5.56 Å². The van der Waals surface area contributed by atoms with Gasteiger partial charge in [0, 0.05) is 0 Å². The highest BCUT2D eigenvalue weighted by molar-refractivity contribution is 5.95. The van der Waals surface area contributed by atoms with Crippen molar-refractivity contribution < 1.29 is 18.3 Å². The topological polar surface area (TPSA) is 26.3 Å². The maximum atomic E-state index is 13.3. The molecule has 0 heterocycles. The summed E-state index contributed by atoms with van der Waals surface area (Å²) < 4.78 is 32.1. The summed E-state index contributed by atoms with van der Waals surface area (Å²) in [4.78, 5) is 12.2. The van der Waals surface area contributed by atoms with Crippen LogP contribution in [-0.4, -0.2) is 12.1 Å². The number of allylic oxidation sites excluding steroid dienone is 1. The van der Waals surface area contributed by atoms with Crippen molar-refractivity contribution in [3.63, 3.8) is 0 Å². The number of fused-ring (bicyclic) bond motifs is 1. The summed E-state index contributed by atoms with van der Waals surface area (Å²) in [6.07, 6.45) is 5.48. The maximum Gasteiger partial charge on any atom is 0.338 e. The molecule has 3 rings (SSSR count). The fourth-order valence-electron chi connectivity index (χ4n) is 3.03. The number of hydrogen-bond donors (Lipinski definition) is 0. The quantitative estimate of drug-likeness (QED) is 0.587. The van der Waals surface area contributed by atoms with E-state index in [1.165, 1.54) is 6.07 Å². The van der Waals surface area contributed by atoms with Crippen LogP contribution in [0, 0.1) is 17.6 Å². The predicted molar refractivity (Wildman–Crippen MR) is 85.2 cm³/mol. The fraction of sp³-hybridized carbons (Fsp3) is 0.316. The van der Waals surface area contributed by atoms with Gasteiger partial charge in [-0.25, -0.2) is 13.6 Å². The Balaban J connectivity index is 1.73. The first-order valence-corrected chi connectivity index (χ1v) is 7.79. The van der Waals surface area contributed by atoms with Gasteiger partial charge >= 0.3 is 5.97 Å². The number of benzene rings is 2. The second-order valence-corrected chi connectivity index (χ2v) is 6.01. The van der Waals surface area contributed by atoms with Gasteiger partial charge in [0.25, 0.3) is 0 Å². The molecule has 23 heavy (non-hydrogen) atoms. The summed E-state index contributed by atoms with van der Waals surface area (Å²) >= 11 is 0. The van der Waals surface area contributed by atoms with Crippen molar-refractivity contribution in [2.24, 2.45) is 5.92 Å². The van der Waals surface area contributed by atoms with Gasteiger partial charge < -0.3 is 4.74 Å². The van der Waals surface area contributed by atoms with Crippen LogP contribution in [-0.2, 0) is 4.74 Å². The minimum atomic E-state index is -0.925. The molecule has 0 amide bonds. The van der Waals surface area contributed by atoms with Crippen molar-refractivity contribution in [2.45, 2.75) is 31.8 Å². The minimum absolute atomic E-state index is 0.0839. The van der Waals surface area contributed by atoms with Gasteiger partial charge in [-0.1, -0.05) is 12.1 Å². The number of ether oxygens (including phenoxy) is 1.